The van der Waals surface area contributed by atoms with E-state index < -0.39 is 9.84 Å². The molecule has 0 bridgehead atoms. The van der Waals surface area contributed by atoms with Gasteiger partial charge in [-0.1, -0.05) is 12.1 Å². The molecule has 158 valence electrons. The maximum absolute atomic E-state index is 11.6. The fourth-order valence-corrected chi connectivity index (χ4v) is 6.48. The zero-order valence-corrected chi connectivity index (χ0v) is 17.9. The van der Waals surface area contributed by atoms with Crippen molar-refractivity contribution in [3.05, 3.63) is 11.9 Å². The van der Waals surface area contributed by atoms with E-state index in [-0.39, 0.29) is 23.7 Å². The van der Waals surface area contributed by atoms with Gasteiger partial charge in [-0.05, 0) is 37.6 Å². The van der Waals surface area contributed by atoms with Gasteiger partial charge >= 0.3 is 0 Å². The summed E-state index contributed by atoms with van der Waals surface area (Å²) in [6, 6.07) is 0.232. The Hall–Kier alpha value is -1.03. The Kier molecular flexibility index (Phi) is 6.06. The van der Waals surface area contributed by atoms with E-state index in [0.717, 1.165) is 24.5 Å². The molecule has 1 aromatic heterocycles. The Labute approximate surface area is 168 Å². The molecule has 0 spiro atoms. The zero-order chi connectivity index (χ0) is 19.7. The molecule has 0 N–H and O–H groups in total. The number of methoxy groups -OCH3 is 1. The number of ether oxygens (including phenoxy) is 1. The molecule has 8 nitrogen and oxygen atoms in total. The molecule has 28 heavy (non-hydrogen) atoms. The van der Waals surface area contributed by atoms with Crippen LogP contribution in [0.25, 0.3) is 0 Å². The summed E-state index contributed by atoms with van der Waals surface area (Å²) < 4.78 is 31.1. The van der Waals surface area contributed by atoms with Crippen LogP contribution >= 0.6 is 0 Å². The molecule has 3 heterocycles. The number of rotatable bonds is 6. The summed E-state index contributed by atoms with van der Waals surface area (Å²) in [7, 11) is -1.04. The van der Waals surface area contributed by atoms with Crippen molar-refractivity contribution < 1.29 is 13.2 Å². The van der Waals surface area contributed by atoms with Gasteiger partial charge < -0.3 is 9.64 Å². The minimum Gasteiger partial charge on any atom is -0.379 e. The van der Waals surface area contributed by atoms with E-state index in [1.165, 1.54) is 26.1 Å². The van der Waals surface area contributed by atoms with Crippen molar-refractivity contribution in [3.8, 4) is 0 Å². The van der Waals surface area contributed by atoms with E-state index in [4.69, 9.17) is 4.74 Å². The third-order valence-corrected chi connectivity index (χ3v) is 8.33. The first-order chi connectivity index (χ1) is 13.5. The van der Waals surface area contributed by atoms with Gasteiger partial charge in [-0.2, -0.15) is 0 Å². The molecular formula is C19H33N5O3S. The van der Waals surface area contributed by atoms with Crippen molar-refractivity contribution in [1.82, 2.24) is 24.8 Å². The lowest BCUT2D eigenvalue weighted by Gasteiger charge is -2.37. The minimum atomic E-state index is -2.85. The second kappa shape index (κ2) is 8.38. The van der Waals surface area contributed by atoms with Crippen LogP contribution in [0, 0.1) is 11.8 Å². The van der Waals surface area contributed by atoms with Crippen molar-refractivity contribution >= 4 is 9.84 Å². The molecule has 2 saturated heterocycles. The van der Waals surface area contributed by atoms with E-state index in [0.29, 0.717) is 25.6 Å². The molecule has 0 unspecified atom stereocenters. The molecule has 9 heteroatoms. The Morgan fingerprint density at radius 2 is 1.86 bits per heavy atom. The van der Waals surface area contributed by atoms with Crippen molar-refractivity contribution in [2.75, 3.05) is 51.3 Å². The summed E-state index contributed by atoms with van der Waals surface area (Å²) in [5.74, 6) is 1.92. The van der Waals surface area contributed by atoms with Crippen molar-refractivity contribution in [3.63, 3.8) is 0 Å². The van der Waals surface area contributed by atoms with Gasteiger partial charge in [0.25, 0.3) is 0 Å². The average Bonchev–Trinajstić information content (AvgIpc) is 3.28. The fourth-order valence-electron chi connectivity index (χ4n) is 5.20. The largest absolute Gasteiger partial charge is 0.379 e. The molecule has 1 aromatic rings. The normalized spacial score (nSPS) is 33.8. The van der Waals surface area contributed by atoms with Gasteiger partial charge in [-0.15, -0.1) is 5.10 Å². The highest BCUT2D eigenvalue weighted by atomic mass is 32.2. The van der Waals surface area contributed by atoms with Crippen LogP contribution in [0.5, 0.6) is 0 Å². The quantitative estimate of drug-likeness (QED) is 0.685. The Balaban J connectivity index is 1.40. The highest BCUT2D eigenvalue weighted by Gasteiger charge is 2.43. The summed E-state index contributed by atoms with van der Waals surface area (Å²) in [5, 5.41) is 8.81. The van der Waals surface area contributed by atoms with E-state index in [9.17, 15) is 8.42 Å². The molecule has 1 aliphatic carbocycles. The number of nitrogens with zero attached hydrogens (tertiary/aromatic N) is 5. The SMILES string of the molecule is CCCN1C[C@H]2C[C@@H](n3cc(CN4CCS(=O)(=O)CC4)nn3)[C@H](OC)C[C@H]2C1. The van der Waals surface area contributed by atoms with Crippen molar-refractivity contribution in [1.29, 1.82) is 0 Å². The third-order valence-electron chi connectivity index (χ3n) is 6.72. The summed E-state index contributed by atoms with van der Waals surface area (Å²) in [6.45, 7) is 7.65. The first kappa shape index (κ1) is 20.3. The molecule has 4 atom stereocenters. The summed E-state index contributed by atoms with van der Waals surface area (Å²) in [5.41, 5.74) is 0.912. The van der Waals surface area contributed by atoms with Gasteiger partial charge in [0.15, 0.2) is 9.84 Å². The lowest BCUT2D eigenvalue weighted by molar-refractivity contribution is -0.00547. The Morgan fingerprint density at radius 3 is 2.54 bits per heavy atom. The van der Waals surface area contributed by atoms with E-state index in [1.54, 1.807) is 0 Å². The highest BCUT2D eigenvalue weighted by Crippen LogP contribution is 2.42. The van der Waals surface area contributed by atoms with Crippen LogP contribution in [0.15, 0.2) is 6.20 Å². The fraction of sp³-hybridized carbons (Fsp3) is 0.895. The van der Waals surface area contributed by atoms with Gasteiger partial charge in [-0.3, -0.25) is 4.90 Å². The van der Waals surface area contributed by atoms with Crippen LogP contribution in [0.3, 0.4) is 0 Å². The third kappa shape index (κ3) is 4.42. The standard InChI is InChI=1S/C19H33N5O3S/c1-3-4-23-11-15-9-18(19(27-2)10-16(15)12-23)24-14-17(20-21-24)13-22-5-7-28(25,26)8-6-22/h14-16,18-19H,3-13H2,1-2H3/t15-,16+,18-,19-/m1/s1. The van der Waals surface area contributed by atoms with Gasteiger partial charge in [-0.25, -0.2) is 13.1 Å². The second-order valence-corrected chi connectivity index (χ2v) is 11.0. The summed E-state index contributed by atoms with van der Waals surface area (Å²) in [4.78, 5) is 4.75. The predicted molar refractivity (Wildman–Crippen MR) is 107 cm³/mol. The molecule has 0 aromatic carbocycles. The molecule has 2 aliphatic heterocycles. The zero-order valence-electron chi connectivity index (χ0n) is 17.0. The Bertz CT molecular complexity index is 753. The highest BCUT2D eigenvalue weighted by molar-refractivity contribution is 7.91. The van der Waals surface area contributed by atoms with Crippen LogP contribution in [0.2, 0.25) is 0 Å². The molecule has 0 radical (unpaired) electrons. The number of hydrogen-bond acceptors (Lipinski definition) is 7. The predicted octanol–water partition coefficient (Wildman–Crippen LogP) is 0.816. The minimum absolute atomic E-state index is 0.178. The Morgan fingerprint density at radius 1 is 1.14 bits per heavy atom. The number of hydrogen-bond donors (Lipinski definition) is 0. The molecule has 1 saturated carbocycles. The monoisotopic (exact) mass is 411 g/mol. The average molecular weight is 412 g/mol. The van der Waals surface area contributed by atoms with E-state index in [2.05, 4.69) is 27.0 Å². The smallest absolute Gasteiger partial charge is 0.152 e. The van der Waals surface area contributed by atoms with Crippen molar-refractivity contribution in [2.24, 2.45) is 11.8 Å². The van der Waals surface area contributed by atoms with Crippen LogP contribution in [-0.4, -0.2) is 90.7 Å². The number of likely N-dealkylation sites (tertiary alicyclic amines) is 1. The van der Waals surface area contributed by atoms with Gasteiger partial charge in [0.2, 0.25) is 0 Å². The molecule has 4 rings (SSSR count). The topological polar surface area (TPSA) is 80.6 Å². The molecule has 3 fully saturated rings. The molecular weight excluding hydrogens is 378 g/mol. The van der Waals surface area contributed by atoms with Gasteiger partial charge in [0.05, 0.1) is 35.5 Å². The van der Waals surface area contributed by atoms with E-state index in [1.807, 2.05) is 18.0 Å². The van der Waals surface area contributed by atoms with Gasteiger partial charge in [0.1, 0.15) is 0 Å². The maximum atomic E-state index is 11.6. The summed E-state index contributed by atoms with van der Waals surface area (Å²) >= 11 is 0. The first-order valence-electron chi connectivity index (χ1n) is 10.6. The lowest BCUT2D eigenvalue weighted by atomic mass is 9.77. The number of sulfone groups is 1. The second-order valence-electron chi connectivity index (χ2n) is 8.71. The van der Waals surface area contributed by atoms with Gasteiger partial charge in [0, 0.05) is 39.8 Å². The summed E-state index contributed by atoms with van der Waals surface area (Å²) in [6.07, 6.45) is 5.61. The first-order valence-corrected chi connectivity index (χ1v) is 12.4. The number of aromatic nitrogens is 3. The number of fused-ring (bicyclic) bond motifs is 1. The maximum Gasteiger partial charge on any atom is 0.152 e. The van der Waals surface area contributed by atoms with E-state index >= 15 is 0 Å². The van der Waals surface area contributed by atoms with Crippen LogP contribution < -0.4 is 0 Å². The molecule has 3 aliphatic rings. The van der Waals surface area contributed by atoms with Crippen LogP contribution in [-0.2, 0) is 21.1 Å². The van der Waals surface area contributed by atoms with Crippen molar-refractivity contribution in [2.45, 2.75) is 44.9 Å². The van der Waals surface area contributed by atoms with Crippen LogP contribution in [0.1, 0.15) is 37.9 Å². The lowest BCUT2D eigenvalue weighted by Crippen LogP contribution is -2.39. The molecule has 0 amide bonds. The van der Waals surface area contributed by atoms with Crippen LogP contribution in [0.4, 0.5) is 0 Å².